The summed E-state index contributed by atoms with van der Waals surface area (Å²) in [5, 5.41) is 9.40. The highest BCUT2D eigenvalue weighted by Crippen LogP contribution is 2.31. The Labute approximate surface area is 219 Å². The van der Waals surface area contributed by atoms with Gasteiger partial charge < -0.3 is 26.4 Å². The molecule has 0 saturated carbocycles. The molecule has 4 aromatic rings. The maximum absolute atomic E-state index is 14.8. The second-order valence-corrected chi connectivity index (χ2v) is 8.55. The van der Waals surface area contributed by atoms with Gasteiger partial charge in [-0.15, -0.1) is 0 Å². The Morgan fingerprint density at radius 2 is 1.95 bits per heavy atom. The Hall–Kier alpha value is -4.09. The molecule has 2 heterocycles. The molecular weight excluding hydrogens is 492 g/mol. The molecule has 5 N–H and O–H groups in total. The lowest BCUT2D eigenvalue weighted by Crippen LogP contribution is -2.33. The predicted molar refractivity (Wildman–Crippen MR) is 143 cm³/mol. The van der Waals surface area contributed by atoms with Gasteiger partial charge in [0.1, 0.15) is 0 Å². The van der Waals surface area contributed by atoms with Crippen molar-refractivity contribution in [2.75, 3.05) is 38.6 Å². The first-order chi connectivity index (χ1) is 18.5. The third-order valence-corrected chi connectivity index (χ3v) is 6.11. The fourth-order valence-electron chi connectivity index (χ4n) is 4.13. The highest BCUT2D eigenvalue weighted by molar-refractivity contribution is 5.96. The fourth-order valence-corrected chi connectivity index (χ4v) is 4.13. The van der Waals surface area contributed by atoms with E-state index in [1.54, 1.807) is 28.9 Å². The summed E-state index contributed by atoms with van der Waals surface area (Å²) in [4.78, 5) is 21.5. The molecule has 0 saturated heterocycles. The van der Waals surface area contributed by atoms with E-state index in [0.717, 1.165) is 18.5 Å². The van der Waals surface area contributed by atoms with Crippen LogP contribution in [0.5, 0.6) is 5.75 Å². The molecule has 38 heavy (non-hydrogen) atoms. The quantitative estimate of drug-likeness (QED) is 0.209. The number of aryl methyl sites for hydroxylation is 1. The average molecular weight is 524 g/mol. The minimum absolute atomic E-state index is 0.0474. The van der Waals surface area contributed by atoms with Crippen molar-refractivity contribution in [2.24, 2.45) is 5.73 Å². The second kappa shape index (κ2) is 12.4. The van der Waals surface area contributed by atoms with Crippen molar-refractivity contribution in [3.63, 3.8) is 0 Å². The molecule has 11 heteroatoms. The molecule has 0 fully saturated rings. The molecule has 4 rings (SSSR count). The van der Waals surface area contributed by atoms with E-state index in [1.165, 1.54) is 25.4 Å². The van der Waals surface area contributed by atoms with Crippen LogP contribution in [0.1, 0.15) is 29.3 Å². The van der Waals surface area contributed by atoms with Crippen LogP contribution in [-0.4, -0.2) is 53.6 Å². The van der Waals surface area contributed by atoms with Gasteiger partial charge in [-0.05, 0) is 61.8 Å². The summed E-state index contributed by atoms with van der Waals surface area (Å²) < 4.78 is 35.6. The zero-order valence-corrected chi connectivity index (χ0v) is 21.4. The third kappa shape index (κ3) is 5.74. The number of anilines is 2. The van der Waals surface area contributed by atoms with Crippen LogP contribution in [0.15, 0.2) is 48.9 Å². The van der Waals surface area contributed by atoms with E-state index in [-0.39, 0.29) is 17.2 Å². The van der Waals surface area contributed by atoms with Crippen LogP contribution in [0.25, 0.3) is 16.9 Å². The largest absolute Gasteiger partial charge is 0.494 e. The topological polar surface area (TPSA) is 119 Å². The molecular formula is C27H31F2N7O2. The number of nitrogens with zero attached hydrogens (tertiary/aromatic N) is 3. The summed E-state index contributed by atoms with van der Waals surface area (Å²) in [7, 11) is 1.28. The number of imidazole rings is 1. The molecule has 0 bridgehead atoms. The standard InChI is InChI=1S/C27H31F2N7O2/c1-3-17-15-18(5-6-19(17)27(37)33-12-11-31-10-4-9-30)35-25-26-34-16-21(36(26)14-13-32-25)20-7-8-22(38-2)24(29)23(20)28/h5-8,13-16,31H,3-4,9-12,30H2,1-2H3,(H,32,35)(H,33,37). The van der Waals surface area contributed by atoms with Crippen LogP contribution in [-0.2, 0) is 6.42 Å². The lowest BCUT2D eigenvalue weighted by atomic mass is 10.0. The number of nitrogens with two attached hydrogens (primary N) is 1. The Morgan fingerprint density at radius 3 is 2.71 bits per heavy atom. The number of methoxy groups -OCH3 is 1. The Bertz CT molecular complexity index is 1420. The Kier molecular flexibility index (Phi) is 8.82. The van der Waals surface area contributed by atoms with Crippen molar-refractivity contribution in [3.05, 3.63) is 71.7 Å². The summed E-state index contributed by atoms with van der Waals surface area (Å²) in [6, 6.07) is 8.27. The van der Waals surface area contributed by atoms with E-state index in [1.807, 2.05) is 13.0 Å². The number of amides is 1. The number of aromatic nitrogens is 3. The number of halogens is 2. The highest BCUT2D eigenvalue weighted by atomic mass is 19.2. The average Bonchev–Trinajstić information content (AvgIpc) is 3.37. The Balaban J connectivity index is 1.53. The van der Waals surface area contributed by atoms with Crippen LogP contribution < -0.4 is 26.4 Å². The molecule has 0 aliphatic carbocycles. The van der Waals surface area contributed by atoms with Crippen LogP contribution in [0.3, 0.4) is 0 Å². The number of hydrogen-bond donors (Lipinski definition) is 4. The number of benzene rings is 2. The lowest BCUT2D eigenvalue weighted by Gasteiger charge is -2.13. The van der Waals surface area contributed by atoms with E-state index in [4.69, 9.17) is 10.5 Å². The number of carbonyl (C=O) groups is 1. The van der Waals surface area contributed by atoms with E-state index in [9.17, 15) is 13.6 Å². The molecule has 0 spiro atoms. The molecule has 0 unspecified atom stereocenters. The summed E-state index contributed by atoms with van der Waals surface area (Å²) in [6.07, 6.45) is 6.17. The van der Waals surface area contributed by atoms with Gasteiger partial charge in [0.05, 0.1) is 19.0 Å². The SMILES string of the molecule is CCc1cc(Nc2nccn3c(-c4ccc(OC)c(F)c4F)cnc23)ccc1C(=O)NCCNCCCN. The third-order valence-electron chi connectivity index (χ3n) is 6.11. The summed E-state index contributed by atoms with van der Waals surface area (Å²) in [6.45, 7) is 4.61. The summed E-state index contributed by atoms with van der Waals surface area (Å²) >= 11 is 0. The maximum Gasteiger partial charge on any atom is 0.251 e. The van der Waals surface area contributed by atoms with Crippen molar-refractivity contribution in [3.8, 4) is 17.0 Å². The molecule has 2 aromatic heterocycles. The van der Waals surface area contributed by atoms with Gasteiger partial charge in [0.15, 0.2) is 23.0 Å². The first-order valence-corrected chi connectivity index (χ1v) is 12.4. The normalized spacial score (nSPS) is 11.1. The minimum Gasteiger partial charge on any atom is -0.494 e. The van der Waals surface area contributed by atoms with E-state index in [0.29, 0.717) is 54.5 Å². The molecule has 0 radical (unpaired) electrons. The molecule has 0 atom stereocenters. The summed E-state index contributed by atoms with van der Waals surface area (Å²) in [5.74, 6) is -1.97. The van der Waals surface area contributed by atoms with Crippen LogP contribution in [0, 0.1) is 11.6 Å². The number of rotatable bonds is 12. The molecule has 0 aliphatic rings. The van der Waals surface area contributed by atoms with Gasteiger partial charge in [0.25, 0.3) is 5.91 Å². The van der Waals surface area contributed by atoms with Crippen molar-refractivity contribution >= 4 is 23.1 Å². The number of hydrogen-bond acceptors (Lipinski definition) is 7. The monoisotopic (exact) mass is 523 g/mol. The predicted octanol–water partition coefficient (Wildman–Crippen LogP) is 3.66. The van der Waals surface area contributed by atoms with E-state index in [2.05, 4.69) is 25.9 Å². The number of fused-ring (bicyclic) bond motifs is 1. The smallest absolute Gasteiger partial charge is 0.251 e. The zero-order chi connectivity index (χ0) is 27.1. The molecule has 200 valence electrons. The van der Waals surface area contributed by atoms with E-state index >= 15 is 0 Å². The van der Waals surface area contributed by atoms with Gasteiger partial charge in [0, 0.05) is 42.3 Å². The first kappa shape index (κ1) is 27.0. The summed E-state index contributed by atoms with van der Waals surface area (Å²) in [5.41, 5.74) is 8.51. The maximum atomic E-state index is 14.8. The number of carbonyl (C=O) groups excluding carboxylic acids is 1. The van der Waals surface area contributed by atoms with Crippen LogP contribution in [0.2, 0.25) is 0 Å². The molecule has 2 aromatic carbocycles. The zero-order valence-electron chi connectivity index (χ0n) is 21.4. The van der Waals surface area contributed by atoms with Gasteiger partial charge in [-0.25, -0.2) is 14.4 Å². The lowest BCUT2D eigenvalue weighted by molar-refractivity contribution is 0.0953. The number of ether oxygens (including phenoxy) is 1. The molecule has 1 amide bonds. The highest BCUT2D eigenvalue weighted by Gasteiger charge is 2.19. The van der Waals surface area contributed by atoms with E-state index < -0.39 is 11.6 Å². The van der Waals surface area contributed by atoms with Gasteiger partial charge in [-0.3, -0.25) is 9.20 Å². The van der Waals surface area contributed by atoms with Crippen molar-refractivity contribution < 1.29 is 18.3 Å². The van der Waals surface area contributed by atoms with Crippen LogP contribution >= 0.6 is 0 Å². The van der Waals surface area contributed by atoms with Gasteiger partial charge in [-0.1, -0.05) is 6.92 Å². The van der Waals surface area contributed by atoms with Gasteiger partial charge in [0.2, 0.25) is 5.82 Å². The first-order valence-electron chi connectivity index (χ1n) is 12.4. The minimum atomic E-state index is -1.06. The Morgan fingerprint density at radius 1 is 1.11 bits per heavy atom. The van der Waals surface area contributed by atoms with Crippen molar-refractivity contribution in [1.29, 1.82) is 0 Å². The second-order valence-electron chi connectivity index (χ2n) is 8.55. The van der Waals surface area contributed by atoms with Crippen molar-refractivity contribution in [2.45, 2.75) is 19.8 Å². The molecule has 9 nitrogen and oxygen atoms in total. The number of nitrogens with one attached hydrogen (secondary N) is 3. The fraction of sp³-hybridized carbons (Fsp3) is 0.296. The van der Waals surface area contributed by atoms with Crippen LogP contribution in [0.4, 0.5) is 20.3 Å². The molecule has 0 aliphatic heterocycles. The van der Waals surface area contributed by atoms with Gasteiger partial charge in [-0.2, -0.15) is 4.39 Å². The van der Waals surface area contributed by atoms with Gasteiger partial charge >= 0.3 is 0 Å². The van der Waals surface area contributed by atoms with Crippen molar-refractivity contribution in [1.82, 2.24) is 25.0 Å².